The molecule has 0 fully saturated rings. The molecule has 1 aliphatic heterocycles. The molecule has 1 aliphatic rings. The third-order valence-corrected chi connectivity index (χ3v) is 5.62. The number of halogens is 3. The lowest BCUT2D eigenvalue weighted by atomic mass is 9.94. The maximum atomic E-state index is 13.3. The van der Waals surface area contributed by atoms with Crippen molar-refractivity contribution in [2.75, 3.05) is 11.5 Å². The second-order valence-electron chi connectivity index (χ2n) is 7.90. The summed E-state index contributed by atoms with van der Waals surface area (Å²) in [7, 11) is 0. The first-order valence-corrected chi connectivity index (χ1v) is 10.8. The second-order valence-corrected chi connectivity index (χ2v) is 7.90. The van der Waals surface area contributed by atoms with Crippen LogP contribution >= 0.6 is 0 Å². The Labute approximate surface area is 204 Å². The zero-order valence-electron chi connectivity index (χ0n) is 19.0. The van der Waals surface area contributed by atoms with E-state index in [0.717, 1.165) is 17.0 Å². The number of amides is 2. The summed E-state index contributed by atoms with van der Waals surface area (Å²) in [4.78, 5) is 27.3. The number of alkyl halides is 3. The fourth-order valence-electron chi connectivity index (χ4n) is 3.88. The molecule has 0 bridgehead atoms. The van der Waals surface area contributed by atoms with Crippen molar-refractivity contribution in [3.05, 3.63) is 95.0 Å². The summed E-state index contributed by atoms with van der Waals surface area (Å²) in [6, 6.07) is 12.6. The molecule has 1 unspecified atom stereocenters. The van der Waals surface area contributed by atoms with Crippen LogP contribution in [0.15, 0.2) is 78.3 Å². The molecule has 0 saturated carbocycles. The zero-order valence-corrected chi connectivity index (χ0v) is 19.0. The number of esters is 1. The molecule has 0 spiro atoms. The van der Waals surface area contributed by atoms with Crippen LogP contribution in [0.5, 0.6) is 0 Å². The number of carbonyl (C=O) groups is 2. The number of hydrogen-bond donors (Lipinski definition) is 1. The average Bonchev–Trinajstić information content (AvgIpc) is 3.37. The molecule has 0 saturated heterocycles. The number of benzene rings is 2. The number of ether oxygens (including phenoxy) is 1. The second kappa shape index (κ2) is 9.95. The van der Waals surface area contributed by atoms with Gasteiger partial charge in [0.2, 0.25) is 0 Å². The maximum Gasteiger partial charge on any atom is 0.416 e. The minimum atomic E-state index is -4.61. The van der Waals surface area contributed by atoms with E-state index in [-0.39, 0.29) is 30.1 Å². The monoisotopic (exact) mass is 495 g/mol. The Morgan fingerprint density at radius 1 is 1.19 bits per heavy atom. The van der Waals surface area contributed by atoms with Gasteiger partial charge in [0.05, 0.1) is 41.0 Å². The molecule has 4 rings (SSSR count). The summed E-state index contributed by atoms with van der Waals surface area (Å²) in [5.41, 5.74) is 0.0757. The highest BCUT2D eigenvalue weighted by atomic mass is 19.4. The Bertz CT molecular complexity index is 1340. The molecule has 2 heterocycles. The fraction of sp³-hybridized carbons (Fsp3) is 0.200. The van der Waals surface area contributed by atoms with E-state index < -0.39 is 29.8 Å². The predicted molar refractivity (Wildman–Crippen MR) is 122 cm³/mol. The van der Waals surface area contributed by atoms with E-state index in [9.17, 15) is 22.8 Å². The number of carbonyl (C=O) groups excluding carboxylic acids is 2. The lowest BCUT2D eigenvalue weighted by Crippen LogP contribution is -2.48. The molecule has 3 aromatic rings. The van der Waals surface area contributed by atoms with Crippen LogP contribution in [0.3, 0.4) is 0 Å². The van der Waals surface area contributed by atoms with Crippen molar-refractivity contribution in [3.8, 4) is 6.07 Å². The topological polar surface area (TPSA) is 100 Å². The summed E-state index contributed by atoms with van der Waals surface area (Å²) >= 11 is 0. The van der Waals surface area contributed by atoms with E-state index in [0.29, 0.717) is 11.1 Å². The molecule has 11 heteroatoms. The van der Waals surface area contributed by atoms with Gasteiger partial charge in [-0.2, -0.15) is 23.5 Å². The highest BCUT2D eigenvalue weighted by Crippen LogP contribution is 2.37. The number of anilines is 1. The summed E-state index contributed by atoms with van der Waals surface area (Å²) in [6.07, 6.45) is -1.33. The molecule has 2 aromatic carbocycles. The summed E-state index contributed by atoms with van der Waals surface area (Å²) in [5, 5.41) is 15.8. The molecule has 36 heavy (non-hydrogen) atoms. The van der Waals surface area contributed by atoms with Gasteiger partial charge in [-0.1, -0.05) is 18.2 Å². The van der Waals surface area contributed by atoms with Gasteiger partial charge >= 0.3 is 18.2 Å². The van der Waals surface area contributed by atoms with Crippen LogP contribution in [-0.4, -0.2) is 28.4 Å². The van der Waals surface area contributed by atoms with Gasteiger partial charge in [-0.05, 0) is 48.9 Å². The van der Waals surface area contributed by atoms with Crippen molar-refractivity contribution in [2.24, 2.45) is 0 Å². The molecule has 0 radical (unpaired) electrons. The van der Waals surface area contributed by atoms with Gasteiger partial charge in [-0.15, -0.1) is 0 Å². The van der Waals surface area contributed by atoms with Crippen molar-refractivity contribution < 1.29 is 27.5 Å². The molecule has 1 N–H and O–H groups in total. The van der Waals surface area contributed by atoms with Gasteiger partial charge in [0.15, 0.2) is 0 Å². The third kappa shape index (κ3) is 5.07. The number of allylic oxidation sites excluding steroid dienone is 1. The molecule has 0 aliphatic carbocycles. The van der Waals surface area contributed by atoms with Gasteiger partial charge in [-0.25, -0.2) is 9.59 Å². The van der Waals surface area contributed by atoms with Gasteiger partial charge < -0.3 is 10.1 Å². The first kappa shape index (κ1) is 24.5. The number of nitrogens with zero attached hydrogens (tertiary/aromatic N) is 4. The number of hydrogen-bond acceptors (Lipinski definition) is 5. The van der Waals surface area contributed by atoms with Crippen LogP contribution in [-0.2, 0) is 22.3 Å². The van der Waals surface area contributed by atoms with Crippen molar-refractivity contribution in [1.29, 1.82) is 5.26 Å². The van der Waals surface area contributed by atoms with E-state index in [2.05, 4.69) is 10.4 Å². The Balaban J connectivity index is 1.72. The quantitative estimate of drug-likeness (QED) is 0.506. The number of rotatable bonds is 6. The standard InChI is InChI=1S/C25H20F3N5O3/c1-16-21(23(34)36-13-12-32-11-3-10-30-32)22(18-8-6-17(15-29)7-9-18)31-24(35)33(16)20-5-2-4-19(14-20)25(26,27)28/h2-11,14,22H,12-13H2,1H3,(H,31,35). The lowest BCUT2D eigenvalue weighted by molar-refractivity contribution is -0.140. The highest BCUT2D eigenvalue weighted by Gasteiger charge is 2.38. The van der Waals surface area contributed by atoms with Crippen LogP contribution in [0.4, 0.5) is 23.7 Å². The van der Waals surface area contributed by atoms with Gasteiger partial charge in [-0.3, -0.25) is 9.58 Å². The molecule has 1 atom stereocenters. The van der Waals surface area contributed by atoms with Crippen LogP contribution in [0.1, 0.15) is 29.7 Å². The van der Waals surface area contributed by atoms with Crippen molar-refractivity contribution in [3.63, 3.8) is 0 Å². The Hall–Kier alpha value is -4.59. The number of nitrogens with one attached hydrogen (secondary N) is 1. The molecule has 184 valence electrons. The molecule has 8 nitrogen and oxygen atoms in total. The van der Waals surface area contributed by atoms with Crippen molar-refractivity contribution in [1.82, 2.24) is 15.1 Å². The molecular weight excluding hydrogens is 475 g/mol. The third-order valence-electron chi connectivity index (χ3n) is 5.62. The fourth-order valence-corrected chi connectivity index (χ4v) is 3.88. The van der Waals surface area contributed by atoms with E-state index in [1.165, 1.54) is 31.2 Å². The zero-order chi connectivity index (χ0) is 25.9. The lowest BCUT2D eigenvalue weighted by Gasteiger charge is -2.35. The van der Waals surface area contributed by atoms with Crippen LogP contribution in [0.25, 0.3) is 0 Å². The Morgan fingerprint density at radius 2 is 1.94 bits per heavy atom. The van der Waals surface area contributed by atoms with Crippen LogP contribution in [0, 0.1) is 11.3 Å². The van der Waals surface area contributed by atoms with E-state index in [1.807, 2.05) is 6.07 Å². The van der Waals surface area contributed by atoms with E-state index in [1.54, 1.807) is 35.3 Å². The number of nitriles is 1. The first-order chi connectivity index (χ1) is 17.2. The van der Waals surface area contributed by atoms with E-state index in [4.69, 9.17) is 10.00 Å². The average molecular weight is 495 g/mol. The molecule has 1 aromatic heterocycles. The minimum Gasteiger partial charge on any atom is -0.460 e. The van der Waals surface area contributed by atoms with Crippen molar-refractivity contribution >= 4 is 17.7 Å². The van der Waals surface area contributed by atoms with Gasteiger partial charge in [0, 0.05) is 18.1 Å². The van der Waals surface area contributed by atoms with Gasteiger partial charge in [0.25, 0.3) is 0 Å². The smallest absolute Gasteiger partial charge is 0.416 e. The van der Waals surface area contributed by atoms with E-state index >= 15 is 0 Å². The van der Waals surface area contributed by atoms with Crippen LogP contribution in [0.2, 0.25) is 0 Å². The Morgan fingerprint density at radius 3 is 2.58 bits per heavy atom. The normalized spacial score (nSPS) is 15.9. The maximum absolute atomic E-state index is 13.3. The Kier molecular flexibility index (Phi) is 6.78. The largest absolute Gasteiger partial charge is 0.460 e. The first-order valence-electron chi connectivity index (χ1n) is 10.8. The number of urea groups is 1. The summed E-state index contributed by atoms with van der Waals surface area (Å²) < 4.78 is 46.9. The number of aromatic nitrogens is 2. The van der Waals surface area contributed by atoms with Gasteiger partial charge in [0.1, 0.15) is 6.61 Å². The summed E-state index contributed by atoms with van der Waals surface area (Å²) in [6.45, 7) is 1.74. The van der Waals surface area contributed by atoms with Crippen LogP contribution < -0.4 is 10.2 Å². The molecular formula is C25H20F3N5O3. The highest BCUT2D eigenvalue weighted by molar-refractivity contribution is 6.03. The molecule has 2 amide bonds. The summed E-state index contributed by atoms with van der Waals surface area (Å²) in [5.74, 6) is -0.744. The predicted octanol–water partition coefficient (Wildman–Crippen LogP) is 4.56. The minimum absolute atomic E-state index is 0.0190. The SMILES string of the molecule is CC1=C(C(=O)OCCn2cccn2)C(c2ccc(C#N)cc2)NC(=O)N1c1cccc(C(F)(F)F)c1. The van der Waals surface area contributed by atoms with Crippen molar-refractivity contribution in [2.45, 2.75) is 25.7 Å².